The standard InChI is InChI=1S/C9H7N2/c10-9-8-4-2-1-3-7(8)5-6-11-9/h1-5H,(H2,10,11). The Balaban J connectivity index is 2.91. The lowest BCUT2D eigenvalue weighted by Gasteiger charge is -1.97. The van der Waals surface area contributed by atoms with Gasteiger partial charge >= 0.3 is 0 Å². The minimum absolute atomic E-state index is 0.545. The fourth-order valence-electron chi connectivity index (χ4n) is 1.09. The summed E-state index contributed by atoms with van der Waals surface area (Å²) in [4.78, 5) is 3.86. The molecule has 11 heavy (non-hydrogen) atoms. The average Bonchev–Trinajstić information content (AvgIpc) is 2.06. The van der Waals surface area contributed by atoms with E-state index in [4.69, 9.17) is 5.73 Å². The fourth-order valence-corrected chi connectivity index (χ4v) is 1.09. The molecule has 2 rings (SSSR count). The Labute approximate surface area is 64.7 Å². The van der Waals surface area contributed by atoms with Crippen molar-refractivity contribution in [1.82, 2.24) is 4.98 Å². The predicted molar refractivity (Wildman–Crippen MR) is 45.0 cm³/mol. The highest BCUT2D eigenvalue weighted by Gasteiger charge is 1.94. The van der Waals surface area contributed by atoms with Crippen LogP contribution in [0.1, 0.15) is 0 Å². The van der Waals surface area contributed by atoms with E-state index in [1.54, 1.807) is 0 Å². The minimum Gasteiger partial charge on any atom is -0.383 e. The van der Waals surface area contributed by atoms with E-state index in [-0.39, 0.29) is 0 Å². The Morgan fingerprint density at radius 3 is 2.91 bits per heavy atom. The zero-order valence-electron chi connectivity index (χ0n) is 5.91. The number of anilines is 1. The molecule has 2 aromatic rings. The molecule has 0 atom stereocenters. The molecule has 1 aromatic carbocycles. The molecule has 2 heteroatoms. The molecule has 1 heterocycles. The van der Waals surface area contributed by atoms with Crippen molar-refractivity contribution in [2.24, 2.45) is 0 Å². The van der Waals surface area contributed by atoms with Gasteiger partial charge in [0.2, 0.25) is 0 Å². The van der Waals surface area contributed by atoms with E-state index in [0.717, 1.165) is 10.8 Å². The molecule has 0 bridgehead atoms. The second kappa shape index (κ2) is 2.23. The van der Waals surface area contributed by atoms with Crippen LogP contribution in [0.15, 0.2) is 30.3 Å². The minimum atomic E-state index is 0.545. The summed E-state index contributed by atoms with van der Waals surface area (Å²) in [7, 11) is 0. The molecule has 2 nitrogen and oxygen atoms in total. The molecule has 2 N–H and O–H groups in total. The average molecular weight is 143 g/mol. The van der Waals surface area contributed by atoms with Gasteiger partial charge < -0.3 is 5.73 Å². The third-order valence-electron chi connectivity index (χ3n) is 1.64. The van der Waals surface area contributed by atoms with E-state index in [9.17, 15) is 0 Å². The zero-order valence-corrected chi connectivity index (χ0v) is 5.91. The summed E-state index contributed by atoms with van der Waals surface area (Å²) in [5.74, 6) is 0.545. The lowest BCUT2D eigenvalue weighted by atomic mass is 10.2. The second-order valence-corrected chi connectivity index (χ2v) is 2.36. The van der Waals surface area contributed by atoms with Gasteiger partial charge in [0.15, 0.2) is 0 Å². The highest BCUT2D eigenvalue weighted by atomic mass is 14.8. The Morgan fingerprint density at radius 1 is 1.27 bits per heavy atom. The Hall–Kier alpha value is -1.57. The number of hydrogen-bond donors (Lipinski definition) is 1. The monoisotopic (exact) mass is 143 g/mol. The number of nitrogens with zero attached hydrogens (tertiary/aromatic N) is 1. The van der Waals surface area contributed by atoms with E-state index in [1.165, 1.54) is 0 Å². The normalized spacial score (nSPS) is 10.2. The van der Waals surface area contributed by atoms with Gasteiger partial charge in [-0.3, -0.25) is 0 Å². The Bertz CT molecular complexity index is 377. The number of nitrogens with two attached hydrogens (primary N) is 1. The van der Waals surface area contributed by atoms with E-state index in [2.05, 4.69) is 11.2 Å². The molecular weight excluding hydrogens is 136 g/mol. The van der Waals surface area contributed by atoms with Crippen molar-refractivity contribution in [2.75, 3.05) is 5.73 Å². The number of hydrogen-bond acceptors (Lipinski definition) is 2. The number of benzene rings is 1. The van der Waals surface area contributed by atoms with Crippen molar-refractivity contribution in [3.63, 3.8) is 0 Å². The molecule has 0 amide bonds. The van der Waals surface area contributed by atoms with Crippen molar-refractivity contribution in [1.29, 1.82) is 0 Å². The highest BCUT2D eigenvalue weighted by molar-refractivity contribution is 5.90. The van der Waals surface area contributed by atoms with E-state index < -0.39 is 0 Å². The Kier molecular flexibility index (Phi) is 1.25. The summed E-state index contributed by atoms with van der Waals surface area (Å²) in [6.45, 7) is 0. The van der Waals surface area contributed by atoms with Gasteiger partial charge in [0, 0.05) is 5.39 Å². The SMILES string of the molecule is Nc1n[c]cc2ccccc12. The van der Waals surface area contributed by atoms with Crippen LogP contribution in [0.4, 0.5) is 5.82 Å². The third kappa shape index (κ3) is 0.923. The van der Waals surface area contributed by atoms with E-state index >= 15 is 0 Å². The number of nitrogen functional groups attached to an aromatic ring is 1. The molecule has 53 valence electrons. The molecule has 0 aliphatic carbocycles. The van der Waals surface area contributed by atoms with E-state index in [0.29, 0.717) is 5.82 Å². The van der Waals surface area contributed by atoms with Crippen LogP contribution in [0.3, 0.4) is 0 Å². The lowest BCUT2D eigenvalue weighted by molar-refractivity contribution is 1.35. The summed E-state index contributed by atoms with van der Waals surface area (Å²) in [5.41, 5.74) is 5.61. The van der Waals surface area contributed by atoms with Crippen LogP contribution < -0.4 is 5.73 Å². The van der Waals surface area contributed by atoms with Crippen molar-refractivity contribution in [3.8, 4) is 0 Å². The maximum Gasteiger partial charge on any atom is 0.132 e. The van der Waals surface area contributed by atoms with Gasteiger partial charge in [-0.1, -0.05) is 24.3 Å². The third-order valence-corrected chi connectivity index (χ3v) is 1.64. The second-order valence-electron chi connectivity index (χ2n) is 2.36. The molecule has 0 unspecified atom stereocenters. The van der Waals surface area contributed by atoms with E-state index in [1.807, 2.05) is 30.3 Å². The largest absolute Gasteiger partial charge is 0.383 e. The van der Waals surface area contributed by atoms with Crippen LogP contribution in [-0.2, 0) is 0 Å². The van der Waals surface area contributed by atoms with Gasteiger partial charge in [0.1, 0.15) is 5.82 Å². The van der Waals surface area contributed by atoms with Crippen LogP contribution in [0, 0.1) is 6.20 Å². The Morgan fingerprint density at radius 2 is 2.09 bits per heavy atom. The molecule has 0 spiro atoms. The number of aromatic nitrogens is 1. The molecule has 0 saturated heterocycles. The lowest BCUT2D eigenvalue weighted by Crippen LogP contribution is -1.89. The van der Waals surface area contributed by atoms with Gasteiger partial charge in [0.05, 0.1) is 6.20 Å². The quantitative estimate of drug-likeness (QED) is 0.608. The van der Waals surface area contributed by atoms with Gasteiger partial charge in [-0.05, 0) is 11.5 Å². The first kappa shape index (κ1) is 6.16. The van der Waals surface area contributed by atoms with Crippen LogP contribution in [0.5, 0.6) is 0 Å². The van der Waals surface area contributed by atoms with Crippen LogP contribution in [0.25, 0.3) is 10.8 Å². The summed E-state index contributed by atoms with van der Waals surface area (Å²) in [6.07, 6.45) is 2.73. The molecule has 1 aromatic heterocycles. The van der Waals surface area contributed by atoms with Crippen LogP contribution in [-0.4, -0.2) is 4.98 Å². The maximum atomic E-state index is 5.61. The van der Waals surface area contributed by atoms with Crippen molar-refractivity contribution in [3.05, 3.63) is 36.5 Å². The summed E-state index contributed by atoms with van der Waals surface area (Å²) in [6, 6.07) is 9.68. The smallest absolute Gasteiger partial charge is 0.132 e. The summed E-state index contributed by atoms with van der Waals surface area (Å²) < 4.78 is 0. The first-order valence-electron chi connectivity index (χ1n) is 3.39. The highest BCUT2D eigenvalue weighted by Crippen LogP contribution is 2.16. The molecule has 0 saturated carbocycles. The van der Waals surface area contributed by atoms with Crippen LogP contribution >= 0.6 is 0 Å². The van der Waals surface area contributed by atoms with Crippen molar-refractivity contribution in [2.45, 2.75) is 0 Å². The predicted octanol–water partition coefficient (Wildman–Crippen LogP) is 1.62. The maximum absolute atomic E-state index is 5.61. The fraction of sp³-hybridized carbons (Fsp3) is 0. The molecule has 0 aliphatic heterocycles. The van der Waals surface area contributed by atoms with Crippen molar-refractivity contribution < 1.29 is 0 Å². The molecule has 0 fully saturated rings. The van der Waals surface area contributed by atoms with Gasteiger partial charge in [-0.15, -0.1) is 0 Å². The first-order valence-corrected chi connectivity index (χ1v) is 3.39. The van der Waals surface area contributed by atoms with Gasteiger partial charge in [-0.2, -0.15) is 0 Å². The molecular formula is C9H7N2. The topological polar surface area (TPSA) is 38.9 Å². The first-order chi connectivity index (χ1) is 5.38. The van der Waals surface area contributed by atoms with Crippen LogP contribution in [0.2, 0.25) is 0 Å². The number of pyridine rings is 1. The molecule has 1 radical (unpaired) electrons. The van der Waals surface area contributed by atoms with Gasteiger partial charge in [0.25, 0.3) is 0 Å². The van der Waals surface area contributed by atoms with Crippen molar-refractivity contribution >= 4 is 16.6 Å². The number of rotatable bonds is 0. The summed E-state index contributed by atoms with van der Waals surface area (Å²) >= 11 is 0. The molecule has 0 aliphatic rings. The number of fused-ring (bicyclic) bond motifs is 1. The summed E-state index contributed by atoms with van der Waals surface area (Å²) in [5, 5.41) is 2.08. The zero-order chi connectivity index (χ0) is 7.68. The van der Waals surface area contributed by atoms with Gasteiger partial charge in [-0.25, -0.2) is 4.98 Å².